The average molecular weight is 531 g/mol. The van der Waals surface area contributed by atoms with Crippen molar-refractivity contribution in [2.45, 2.75) is 104 Å². The molecule has 1 saturated heterocycles. The molecule has 4 nitrogen and oxygen atoms in total. The molecule has 7 rings (SSSR count). The summed E-state index contributed by atoms with van der Waals surface area (Å²) in [6.07, 6.45) is 15.0. The number of benzene rings is 1. The Labute approximate surface area is 236 Å². The topological polar surface area (TPSA) is 22.3 Å². The highest BCUT2D eigenvalue weighted by Crippen LogP contribution is 2.63. The maximum absolute atomic E-state index is 7.60. The number of rotatable bonds is 5. The van der Waals surface area contributed by atoms with Crippen LogP contribution < -0.4 is 4.57 Å². The minimum Gasteiger partial charge on any atom is -0.164 e. The number of hydrogen-bond acceptors (Lipinski definition) is 2. The van der Waals surface area contributed by atoms with Crippen LogP contribution in [0.4, 0.5) is 0 Å². The van der Waals surface area contributed by atoms with E-state index < -0.39 is 0 Å². The summed E-state index contributed by atoms with van der Waals surface area (Å²) in [7, 11) is 1.89. The van der Waals surface area contributed by atoms with Gasteiger partial charge in [-0.15, -0.1) is 4.57 Å². The Balaban J connectivity index is 1.27. The van der Waals surface area contributed by atoms with E-state index in [1.165, 1.54) is 80.2 Å². The van der Waals surface area contributed by atoms with Crippen LogP contribution in [-0.4, -0.2) is 18.0 Å². The van der Waals surface area contributed by atoms with E-state index in [-0.39, 0.29) is 18.3 Å². The van der Waals surface area contributed by atoms with Gasteiger partial charge >= 0.3 is 12.2 Å². The van der Waals surface area contributed by atoms with E-state index in [1.54, 1.807) is 0 Å². The van der Waals surface area contributed by atoms with E-state index in [0.717, 1.165) is 29.6 Å². The highest BCUT2D eigenvalue weighted by atomic mass is 17.0. The Morgan fingerprint density at radius 1 is 0.795 bits per heavy atom. The first-order chi connectivity index (χ1) is 18.9. The number of aromatic nitrogens is 1. The van der Waals surface area contributed by atoms with E-state index in [2.05, 4.69) is 74.9 Å². The first kappa shape index (κ1) is 26.2. The lowest BCUT2D eigenvalue weighted by molar-refractivity contribution is -1.22. The zero-order chi connectivity index (χ0) is 26.9. The van der Waals surface area contributed by atoms with E-state index in [9.17, 15) is 0 Å². The third kappa shape index (κ3) is 4.50. The molecule has 0 N–H and O–H groups in total. The minimum absolute atomic E-state index is 0.146. The molecule has 1 aromatic heterocycles. The van der Waals surface area contributed by atoms with Crippen molar-refractivity contribution in [1.82, 2.24) is 0 Å². The van der Waals surface area contributed by atoms with Gasteiger partial charge in [0.25, 0.3) is 0 Å². The molecule has 3 aliphatic carbocycles. The molecule has 8 unspecified atom stereocenters. The molecule has 2 aliphatic heterocycles. The van der Waals surface area contributed by atoms with Gasteiger partial charge in [0.05, 0.1) is 12.7 Å². The predicted molar refractivity (Wildman–Crippen MR) is 154 cm³/mol. The summed E-state index contributed by atoms with van der Waals surface area (Å²) < 4.78 is 2.47. The Bertz CT molecular complexity index is 1190. The number of aryl methyl sites for hydroxylation is 1. The molecule has 4 fully saturated rings. The summed E-state index contributed by atoms with van der Waals surface area (Å²) in [5.74, 6) is 5.53. The van der Waals surface area contributed by atoms with Crippen LogP contribution in [0, 0.1) is 48.3 Å². The van der Waals surface area contributed by atoms with Crippen LogP contribution in [0.25, 0.3) is 11.3 Å². The van der Waals surface area contributed by atoms with Gasteiger partial charge in [-0.3, -0.25) is 0 Å². The summed E-state index contributed by atoms with van der Waals surface area (Å²) >= 11 is 0. The SMILES string of the molecule is CO[N+]1(OC(C2CC3CC(C)CC(C3)C2)[C@@H]2CCC(C)CC(C)C2)C2c3ccccc3-c3ccc(C)c[n+]3C21. The fourth-order valence-electron chi connectivity index (χ4n) is 10.0. The second-order valence-corrected chi connectivity index (χ2v) is 14.6. The molecule has 9 atom stereocenters. The second kappa shape index (κ2) is 9.96. The molecular weight excluding hydrogens is 480 g/mol. The van der Waals surface area contributed by atoms with Crippen LogP contribution in [0.2, 0.25) is 0 Å². The average Bonchev–Trinajstić information content (AvgIpc) is 3.61. The molecule has 1 aromatic carbocycles. The number of quaternary nitrogens is 1. The van der Waals surface area contributed by atoms with E-state index >= 15 is 0 Å². The number of pyridine rings is 1. The highest BCUT2D eigenvalue weighted by molar-refractivity contribution is 5.63. The molecule has 39 heavy (non-hydrogen) atoms. The maximum atomic E-state index is 7.60. The van der Waals surface area contributed by atoms with Crippen LogP contribution in [0.15, 0.2) is 42.6 Å². The summed E-state index contributed by atoms with van der Waals surface area (Å²) in [4.78, 5) is 14.4. The second-order valence-electron chi connectivity index (χ2n) is 14.6. The molecule has 4 heteroatoms. The highest BCUT2D eigenvalue weighted by Gasteiger charge is 2.84. The molecule has 0 spiro atoms. The monoisotopic (exact) mass is 530 g/mol. The predicted octanol–water partition coefficient (Wildman–Crippen LogP) is 8.12. The van der Waals surface area contributed by atoms with Crippen molar-refractivity contribution in [3.8, 4) is 11.3 Å². The van der Waals surface area contributed by atoms with E-state index in [1.807, 2.05) is 7.11 Å². The molecule has 3 saturated carbocycles. The lowest BCUT2D eigenvalue weighted by Crippen LogP contribution is -2.48. The molecule has 0 amide bonds. The maximum Gasteiger partial charge on any atom is 0.409 e. The van der Waals surface area contributed by atoms with Crippen molar-refractivity contribution >= 4 is 0 Å². The van der Waals surface area contributed by atoms with Crippen LogP contribution in [0.5, 0.6) is 0 Å². The number of nitrogens with zero attached hydrogens (tertiary/aromatic N) is 2. The van der Waals surface area contributed by atoms with Crippen LogP contribution in [0.3, 0.4) is 0 Å². The van der Waals surface area contributed by atoms with Gasteiger partial charge in [-0.2, -0.15) is 9.68 Å². The molecule has 3 heterocycles. The fraction of sp³-hybridized carbons (Fsp3) is 0.686. The van der Waals surface area contributed by atoms with Crippen molar-refractivity contribution in [1.29, 1.82) is 0 Å². The lowest BCUT2D eigenvalue weighted by Gasteiger charge is -2.45. The number of hydroxylamine groups is 4. The normalized spacial score (nSPS) is 41.5. The Hall–Kier alpha value is -1.75. The molecule has 2 aromatic rings. The zero-order valence-corrected chi connectivity index (χ0v) is 24.9. The van der Waals surface area contributed by atoms with Gasteiger partial charge in [0.2, 0.25) is 5.69 Å². The van der Waals surface area contributed by atoms with Gasteiger partial charge in [-0.05, 0) is 112 Å². The molecule has 0 radical (unpaired) electrons. The molecule has 210 valence electrons. The third-order valence-electron chi connectivity index (χ3n) is 11.4. The van der Waals surface area contributed by atoms with Crippen molar-refractivity contribution in [2.24, 2.45) is 41.4 Å². The standard InChI is InChI=1S/C35H50N2O2/c1-22-10-12-28(17-24(3)14-22)34(29-19-26-15-25(4)16-27(18-26)20-29)39-37(38-5)33-31-9-7-6-8-30(31)32-13-11-23(2)21-36(32)35(33)37/h6-9,11,13,21-22,24-29,33-35H,10,12,14-20H2,1-5H3/q+2/t22?,24?,25?,26?,27?,28-,29?,33?,34?,35?,37?/m1/s1. The molecule has 2 bridgehead atoms. The Morgan fingerprint density at radius 3 is 2.31 bits per heavy atom. The van der Waals surface area contributed by atoms with Crippen molar-refractivity contribution in [3.05, 3.63) is 53.7 Å². The summed E-state index contributed by atoms with van der Waals surface area (Å²) in [6, 6.07) is 13.7. The minimum atomic E-state index is 0.146. The quantitative estimate of drug-likeness (QED) is 0.169. The Morgan fingerprint density at radius 2 is 1.54 bits per heavy atom. The zero-order valence-electron chi connectivity index (χ0n) is 24.9. The number of hydrogen-bond donors (Lipinski definition) is 0. The first-order valence-electron chi connectivity index (χ1n) is 16.1. The van der Waals surface area contributed by atoms with E-state index in [0.29, 0.717) is 16.6 Å². The third-order valence-corrected chi connectivity index (χ3v) is 11.4. The fourth-order valence-corrected chi connectivity index (χ4v) is 10.0. The van der Waals surface area contributed by atoms with Gasteiger partial charge in [-0.1, -0.05) is 45.4 Å². The van der Waals surface area contributed by atoms with Crippen molar-refractivity contribution in [2.75, 3.05) is 7.11 Å². The molecular formula is C35H50N2O2+2. The summed E-state index contributed by atoms with van der Waals surface area (Å²) in [5.41, 5.74) is 5.28. The smallest absolute Gasteiger partial charge is 0.164 e. The Kier molecular flexibility index (Phi) is 6.68. The van der Waals surface area contributed by atoms with Crippen LogP contribution in [0.1, 0.15) is 102 Å². The first-order valence-corrected chi connectivity index (χ1v) is 16.1. The lowest BCUT2D eigenvalue weighted by atomic mass is 9.62. The van der Waals surface area contributed by atoms with Gasteiger partial charge in [0.15, 0.2) is 6.20 Å². The van der Waals surface area contributed by atoms with Gasteiger partial charge in [0.1, 0.15) is 6.10 Å². The van der Waals surface area contributed by atoms with Crippen LogP contribution >= 0.6 is 0 Å². The van der Waals surface area contributed by atoms with Crippen molar-refractivity contribution < 1.29 is 19.1 Å². The molecule has 5 aliphatic rings. The van der Waals surface area contributed by atoms with Gasteiger partial charge < -0.3 is 0 Å². The van der Waals surface area contributed by atoms with Gasteiger partial charge in [-0.25, -0.2) is 0 Å². The van der Waals surface area contributed by atoms with Crippen LogP contribution in [-0.2, 0) is 9.68 Å². The van der Waals surface area contributed by atoms with Crippen molar-refractivity contribution in [3.63, 3.8) is 0 Å². The largest absolute Gasteiger partial charge is 0.409 e. The van der Waals surface area contributed by atoms with E-state index in [4.69, 9.17) is 9.68 Å². The number of fused-ring (bicyclic) bond motifs is 8. The summed E-state index contributed by atoms with van der Waals surface area (Å²) in [5, 5.41) is 0. The van der Waals surface area contributed by atoms with Gasteiger partial charge in [0, 0.05) is 22.0 Å². The summed E-state index contributed by atoms with van der Waals surface area (Å²) in [6.45, 7) is 9.65.